The number of carbonyl (C=O) groups is 3. The Morgan fingerprint density at radius 3 is 2.59 bits per heavy atom. The van der Waals surface area contributed by atoms with Crippen molar-refractivity contribution in [3.05, 3.63) is 53.1 Å². The Morgan fingerprint density at radius 2 is 1.90 bits per heavy atom. The van der Waals surface area contributed by atoms with Crippen LogP contribution in [0, 0.1) is 5.82 Å². The van der Waals surface area contributed by atoms with Gasteiger partial charge in [0.2, 0.25) is 0 Å². The second-order valence-corrected chi connectivity index (χ2v) is 10.1. The number of aromatic nitrogens is 3. The Kier molecular flexibility index (Phi) is 6.35. The number of benzene rings is 1. The number of carbonyl (C=O) groups excluding carboxylic acids is 3. The lowest BCUT2D eigenvalue weighted by Crippen LogP contribution is -2.43. The van der Waals surface area contributed by atoms with Crippen LogP contribution in [0.15, 0.2) is 36.2 Å². The number of hydrogen-bond donors (Lipinski definition) is 5. The summed E-state index contributed by atoms with van der Waals surface area (Å²) >= 11 is 0. The zero-order valence-electron chi connectivity index (χ0n) is 21.3. The zero-order chi connectivity index (χ0) is 27.1. The van der Waals surface area contributed by atoms with E-state index >= 15 is 4.39 Å². The van der Waals surface area contributed by atoms with Crippen molar-refractivity contribution in [2.24, 2.45) is 0 Å². The molecule has 3 aliphatic rings. The Hall–Kier alpha value is -4.52. The number of hydrogen-bond acceptors (Lipinski definition) is 8. The van der Waals surface area contributed by atoms with E-state index in [9.17, 15) is 14.4 Å². The molecular weight excluding hydrogens is 505 g/mol. The Bertz CT molecular complexity index is 1510. The van der Waals surface area contributed by atoms with Gasteiger partial charge < -0.3 is 26.2 Å². The van der Waals surface area contributed by atoms with Gasteiger partial charge in [0.25, 0.3) is 11.8 Å². The van der Waals surface area contributed by atoms with E-state index in [2.05, 4.69) is 48.6 Å². The lowest BCUT2D eigenvalue weighted by atomic mass is 10.0. The third-order valence-corrected chi connectivity index (χ3v) is 7.00. The summed E-state index contributed by atoms with van der Waals surface area (Å²) in [6, 6.07) is 5.79. The van der Waals surface area contributed by atoms with Crippen LogP contribution in [0.5, 0.6) is 0 Å². The van der Waals surface area contributed by atoms with Gasteiger partial charge in [-0.3, -0.25) is 14.9 Å². The van der Waals surface area contributed by atoms with E-state index in [4.69, 9.17) is 0 Å². The van der Waals surface area contributed by atoms with Crippen LogP contribution >= 0.6 is 0 Å². The SMILES string of the molecule is CN1CCC(NC(=O)c2ccc(Nc3cc(NC4CC4)n4ncc(/C=C5\NC(=O)NC5=O)c4n3)c(F)c2)CC1. The Labute approximate surface area is 223 Å². The molecule has 0 atom stereocenters. The summed E-state index contributed by atoms with van der Waals surface area (Å²) in [5.41, 5.74) is 1.37. The molecule has 0 unspecified atom stereocenters. The van der Waals surface area contributed by atoms with Gasteiger partial charge in [-0.2, -0.15) is 9.61 Å². The fourth-order valence-corrected chi connectivity index (χ4v) is 4.64. The standard InChI is InChI=1S/C26H28FN9O3/c1-35-8-6-17(7-9-35)30-24(37)14-2-5-19(18(27)10-14)31-21-12-22(29-16-3-4-16)36-23(33-21)15(13-28-36)11-20-25(38)34-26(39)32-20/h2,5,10-13,16-17,29H,3-4,6-9H2,1H3,(H,30,37)(H,31,33)(H2,32,34,38,39)/b20-11-. The van der Waals surface area contributed by atoms with Crippen molar-refractivity contribution >= 4 is 46.9 Å². The molecule has 2 aliphatic heterocycles. The van der Waals surface area contributed by atoms with Gasteiger partial charge in [0.1, 0.15) is 23.1 Å². The maximum absolute atomic E-state index is 15.1. The molecule has 3 fully saturated rings. The number of piperidine rings is 1. The first-order valence-electron chi connectivity index (χ1n) is 12.9. The highest BCUT2D eigenvalue weighted by Gasteiger charge is 2.26. The van der Waals surface area contributed by atoms with Crippen molar-refractivity contribution < 1.29 is 18.8 Å². The number of halogens is 1. The van der Waals surface area contributed by atoms with Crippen molar-refractivity contribution in [2.45, 2.75) is 37.8 Å². The first-order chi connectivity index (χ1) is 18.8. The molecule has 2 saturated heterocycles. The van der Waals surface area contributed by atoms with Gasteiger partial charge in [0.05, 0.1) is 11.9 Å². The van der Waals surface area contributed by atoms with Crippen LogP contribution in [0.3, 0.4) is 0 Å². The van der Waals surface area contributed by atoms with Crippen LogP contribution in [-0.2, 0) is 4.79 Å². The van der Waals surface area contributed by atoms with Crippen LogP contribution in [0.4, 0.5) is 26.5 Å². The number of imide groups is 1. The first-order valence-corrected chi connectivity index (χ1v) is 12.9. The second kappa shape index (κ2) is 9.98. The van der Waals surface area contributed by atoms with Gasteiger partial charge >= 0.3 is 6.03 Å². The maximum atomic E-state index is 15.1. The molecule has 0 bridgehead atoms. The van der Waals surface area contributed by atoms with Crippen molar-refractivity contribution in [1.82, 2.24) is 35.4 Å². The van der Waals surface area contributed by atoms with Gasteiger partial charge in [0.15, 0.2) is 5.65 Å². The molecule has 202 valence electrons. The molecule has 3 aromatic rings. The highest BCUT2D eigenvalue weighted by Crippen LogP contribution is 2.29. The van der Waals surface area contributed by atoms with Crippen LogP contribution in [0.1, 0.15) is 41.6 Å². The van der Waals surface area contributed by atoms with Gasteiger partial charge in [-0.25, -0.2) is 14.2 Å². The Morgan fingerprint density at radius 1 is 1.10 bits per heavy atom. The van der Waals surface area contributed by atoms with Crippen LogP contribution in [0.25, 0.3) is 11.7 Å². The van der Waals surface area contributed by atoms with E-state index in [1.807, 2.05) is 0 Å². The Balaban J connectivity index is 1.25. The molecular formula is C26H28FN9O3. The smallest absolute Gasteiger partial charge is 0.326 e. The van der Waals surface area contributed by atoms with Gasteiger partial charge in [-0.1, -0.05) is 0 Å². The molecule has 12 nitrogen and oxygen atoms in total. The number of likely N-dealkylation sites (tertiary alicyclic amines) is 1. The molecule has 6 rings (SSSR count). The fourth-order valence-electron chi connectivity index (χ4n) is 4.64. The van der Waals surface area contributed by atoms with Gasteiger partial charge in [-0.15, -0.1) is 0 Å². The molecule has 13 heteroatoms. The topological polar surface area (TPSA) is 145 Å². The highest BCUT2D eigenvalue weighted by molar-refractivity contribution is 6.14. The molecule has 4 amide bonds. The van der Waals surface area contributed by atoms with E-state index in [-0.39, 0.29) is 28.9 Å². The minimum atomic E-state index is -0.604. The summed E-state index contributed by atoms with van der Waals surface area (Å²) in [7, 11) is 2.05. The molecule has 0 radical (unpaired) electrons. The van der Waals surface area contributed by atoms with E-state index < -0.39 is 17.8 Å². The quantitative estimate of drug-likeness (QED) is 0.230. The van der Waals surface area contributed by atoms with Crippen molar-refractivity contribution in [3.63, 3.8) is 0 Å². The average molecular weight is 534 g/mol. The largest absolute Gasteiger partial charge is 0.367 e. The minimum absolute atomic E-state index is 0.0753. The number of fused-ring (bicyclic) bond motifs is 1. The monoisotopic (exact) mass is 533 g/mol. The number of amides is 4. The first kappa shape index (κ1) is 24.8. The van der Waals surface area contributed by atoms with E-state index in [1.54, 1.807) is 16.6 Å². The number of urea groups is 1. The third kappa shape index (κ3) is 5.39. The molecule has 1 saturated carbocycles. The number of anilines is 3. The summed E-state index contributed by atoms with van der Waals surface area (Å²) in [6.45, 7) is 1.82. The number of rotatable bonds is 7. The van der Waals surface area contributed by atoms with Crippen molar-refractivity contribution in [1.29, 1.82) is 0 Å². The molecule has 0 spiro atoms. The highest BCUT2D eigenvalue weighted by atomic mass is 19.1. The van der Waals surface area contributed by atoms with E-state index in [1.165, 1.54) is 24.4 Å². The lowest BCUT2D eigenvalue weighted by Gasteiger charge is -2.29. The maximum Gasteiger partial charge on any atom is 0.326 e. The molecule has 4 heterocycles. The minimum Gasteiger partial charge on any atom is -0.367 e. The predicted molar refractivity (Wildman–Crippen MR) is 142 cm³/mol. The lowest BCUT2D eigenvalue weighted by molar-refractivity contribution is -0.115. The summed E-state index contributed by atoms with van der Waals surface area (Å²) in [4.78, 5) is 43.0. The summed E-state index contributed by atoms with van der Waals surface area (Å²) < 4.78 is 16.7. The third-order valence-electron chi connectivity index (χ3n) is 7.00. The van der Waals surface area contributed by atoms with Crippen molar-refractivity contribution in [3.8, 4) is 0 Å². The predicted octanol–water partition coefficient (Wildman–Crippen LogP) is 2.19. The normalized spacial score (nSPS) is 19.3. The number of nitrogens with one attached hydrogen (secondary N) is 5. The summed E-state index contributed by atoms with van der Waals surface area (Å²) in [6.07, 6.45) is 6.78. The zero-order valence-corrected chi connectivity index (χ0v) is 21.3. The van der Waals surface area contributed by atoms with Crippen LogP contribution in [-0.4, -0.2) is 69.6 Å². The molecule has 2 aromatic heterocycles. The van der Waals surface area contributed by atoms with E-state index in [0.29, 0.717) is 28.9 Å². The van der Waals surface area contributed by atoms with E-state index in [0.717, 1.165) is 38.8 Å². The molecule has 39 heavy (non-hydrogen) atoms. The molecule has 1 aromatic carbocycles. The van der Waals surface area contributed by atoms with Gasteiger partial charge in [-0.05, 0) is 70.1 Å². The molecule has 1 aliphatic carbocycles. The second-order valence-electron chi connectivity index (χ2n) is 10.1. The average Bonchev–Trinajstić information content (AvgIpc) is 3.54. The van der Waals surface area contributed by atoms with Crippen LogP contribution < -0.4 is 26.6 Å². The summed E-state index contributed by atoms with van der Waals surface area (Å²) in [5, 5.41) is 18.4. The molecule has 5 N–H and O–H groups in total. The van der Waals surface area contributed by atoms with Gasteiger partial charge in [0, 0.05) is 29.3 Å². The van der Waals surface area contributed by atoms with Crippen molar-refractivity contribution in [2.75, 3.05) is 30.8 Å². The summed E-state index contributed by atoms with van der Waals surface area (Å²) in [5.74, 6) is -0.458. The number of nitrogens with zero attached hydrogens (tertiary/aromatic N) is 4. The fraction of sp³-hybridized carbons (Fsp3) is 0.346. The van der Waals surface area contributed by atoms with Crippen LogP contribution in [0.2, 0.25) is 0 Å².